The molecule has 1 nitrogen and oxygen atoms in total. The Bertz CT molecular complexity index is 500. The molecule has 2 aromatic carbocycles. The van der Waals surface area contributed by atoms with Gasteiger partial charge in [0.25, 0.3) is 0 Å². The van der Waals surface area contributed by atoms with Crippen LogP contribution in [0.5, 0.6) is 0 Å². The third-order valence-electron chi connectivity index (χ3n) is 3.47. The highest BCUT2D eigenvalue weighted by molar-refractivity contribution is 5.82. The molecule has 0 atom stereocenters. The van der Waals surface area contributed by atoms with Crippen molar-refractivity contribution in [3.05, 3.63) is 48.0 Å². The second kappa shape index (κ2) is 4.89. The lowest BCUT2D eigenvalue weighted by atomic mass is 10.0. The Labute approximate surface area is 104 Å². The highest BCUT2D eigenvalue weighted by atomic mass is 14.9. The van der Waals surface area contributed by atoms with Crippen LogP contribution in [0, 0.1) is 0 Å². The predicted octanol–water partition coefficient (Wildman–Crippen LogP) is 4.12. The molecule has 17 heavy (non-hydrogen) atoms. The van der Waals surface area contributed by atoms with Gasteiger partial charge < -0.3 is 5.32 Å². The first-order valence-corrected chi connectivity index (χ1v) is 6.33. The maximum absolute atomic E-state index is 3.59. The molecule has 0 amide bonds. The van der Waals surface area contributed by atoms with Crippen molar-refractivity contribution in [2.24, 2.45) is 0 Å². The van der Waals surface area contributed by atoms with E-state index in [1.807, 2.05) is 0 Å². The normalized spacial score (nSPS) is 11.9. The van der Waals surface area contributed by atoms with Gasteiger partial charge in [-0.3, -0.25) is 0 Å². The molecule has 0 fully saturated rings. The monoisotopic (exact) mass is 227 g/mol. The Morgan fingerprint density at radius 1 is 1.00 bits per heavy atom. The van der Waals surface area contributed by atoms with Crippen molar-refractivity contribution in [1.29, 1.82) is 0 Å². The van der Waals surface area contributed by atoms with Gasteiger partial charge in [0.15, 0.2) is 0 Å². The number of rotatable bonds is 4. The molecule has 0 aliphatic carbocycles. The fourth-order valence-corrected chi connectivity index (χ4v) is 1.82. The number of hydrogen-bond donors (Lipinski definition) is 1. The third kappa shape index (κ3) is 3.07. The molecule has 1 heteroatoms. The summed E-state index contributed by atoms with van der Waals surface area (Å²) in [5, 5.41) is 6.22. The highest BCUT2D eigenvalue weighted by Gasteiger charge is 2.13. The van der Waals surface area contributed by atoms with Gasteiger partial charge in [0, 0.05) is 12.1 Å². The lowest BCUT2D eigenvalue weighted by Gasteiger charge is -2.24. The molecular formula is C16H21N. The van der Waals surface area contributed by atoms with E-state index in [-0.39, 0.29) is 5.54 Å². The van der Waals surface area contributed by atoms with Crippen molar-refractivity contribution in [3.8, 4) is 0 Å². The van der Waals surface area contributed by atoms with Crippen molar-refractivity contribution in [3.63, 3.8) is 0 Å². The van der Waals surface area contributed by atoms with Crippen LogP contribution in [0.3, 0.4) is 0 Å². The molecule has 0 aliphatic heterocycles. The van der Waals surface area contributed by atoms with Crippen LogP contribution in [0.25, 0.3) is 10.8 Å². The fourth-order valence-electron chi connectivity index (χ4n) is 1.82. The van der Waals surface area contributed by atoms with Gasteiger partial charge in [0.1, 0.15) is 0 Å². The minimum absolute atomic E-state index is 0.214. The van der Waals surface area contributed by atoms with E-state index in [0.717, 1.165) is 13.0 Å². The van der Waals surface area contributed by atoms with Crippen LogP contribution >= 0.6 is 0 Å². The smallest absolute Gasteiger partial charge is 0.0210 e. The molecule has 90 valence electrons. The van der Waals surface area contributed by atoms with Gasteiger partial charge in [-0.2, -0.15) is 0 Å². The van der Waals surface area contributed by atoms with Crippen LogP contribution < -0.4 is 5.32 Å². The Kier molecular flexibility index (Phi) is 3.49. The number of benzene rings is 2. The van der Waals surface area contributed by atoms with E-state index in [1.165, 1.54) is 16.3 Å². The minimum atomic E-state index is 0.214. The highest BCUT2D eigenvalue weighted by Crippen LogP contribution is 2.16. The topological polar surface area (TPSA) is 12.0 Å². The first kappa shape index (κ1) is 12.1. The summed E-state index contributed by atoms with van der Waals surface area (Å²) in [6.45, 7) is 7.64. The van der Waals surface area contributed by atoms with E-state index < -0.39 is 0 Å². The van der Waals surface area contributed by atoms with E-state index >= 15 is 0 Å². The molecule has 0 aromatic heterocycles. The summed E-state index contributed by atoms with van der Waals surface area (Å²) in [6.07, 6.45) is 1.14. The quantitative estimate of drug-likeness (QED) is 0.828. The molecule has 0 heterocycles. The molecule has 2 rings (SSSR count). The van der Waals surface area contributed by atoms with Crippen LogP contribution in [-0.4, -0.2) is 5.54 Å². The van der Waals surface area contributed by atoms with Gasteiger partial charge in [-0.1, -0.05) is 43.3 Å². The second-order valence-corrected chi connectivity index (χ2v) is 5.27. The van der Waals surface area contributed by atoms with Gasteiger partial charge in [0.2, 0.25) is 0 Å². The maximum atomic E-state index is 3.59. The summed E-state index contributed by atoms with van der Waals surface area (Å²) < 4.78 is 0. The first-order valence-electron chi connectivity index (χ1n) is 6.33. The van der Waals surface area contributed by atoms with Crippen molar-refractivity contribution in [2.75, 3.05) is 0 Å². The number of nitrogens with one attached hydrogen (secondary N) is 1. The Morgan fingerprint density at radius 2 is 1.71 bits per heavy atom. The standard InChI is InChI=1S/C16H21N/c1-4-16(2,3)17-12-13-9-10-14-7-5-6-8-15(14)11-13/h5-11,17H,4,12H2,1-3H3. The zero-order valence-corrected chi connectivity index (χ0v) is 11.0. The molecule has 0 spiro atoms. The van der Waals surface area contributed by atoms with E-state index in [9.17, 15) is 0 Å². The molecule has 0 saturated heterocycles. The van der Waals surface area contributed by atoms with Crippen LogP contribution in [0.2, 0.25) is 0 Å². The van der Waals surface area contributed by atoms with Gasteiger partial charge in [-0.05, 0) is 42.7 Å². The average Bonchev–Trinajstić information content (AvgIpc) is 2.36. The molecule has 2 aromatic rings. The average molecular weight is 227 g/mol. The largest absolute Gasteiger partial charge is 0.308 e. The molecular weight excluding hydrogens is 206 g/mol. The summed E-state index contributed by atoms with van der Waals surface area (Å²) in [7, 11) is 0. The van der Waals surface area contributed by atoms with E-state index in [1.54, 1.807) is 0 Å². The Morgan fingerprint density at radius 3 is 2.41 bits per heavy atom. The number of hydrogen-bond acceptors (Lipinski definition) is 1. The van der Waals surface area contributed by atoms with Crippen LogP contribution in [0.4, 0.5) is 0 Å². The molecule has 0 bridgehead atoms. The van der Waals surface area contributed by atoms with E-state index in [4.69, 9.17) is 0 Å². The predicted molar refractivity (Wildman–Crippen MR) is 75.2 cm³/mol. The number of fused-ring (bicyclic) bond motifs is 1. The maximum Gasteiger partial charge on any atom is 0.0210 e. The second-order valence-electron chi connectivity index (χ2n) is 5.27. The summed E-state index contributed by atoms with van der Waals surface area (Å²) in [6, 6.07) is 15.2. The van der Waals surface area contributed by atoms with Gasteiger partial charge in [0.05, 0.1) is 0 Å². The summed E-state index contributed by atoms with van der Waals surface area (Å²) in [5.41, 5.74) is 1.57. The minimum Gasteiger partial charge on any atom is -0.308 e. The molecule has 0 aliphatic rings. The SMILES string of the molecule is CCC(C)(C)NCc1ccc2ccccc2c1. The van der Waals surface area contributed by atoms with Crippen LogP contribution in [-0.2, 0) is 6.54 Å². The summed E-state index contributed by atoms with van der Waals surface area (Å²) in [4.78, 5) is 0. The first-order chi connectivity index (χ1) is 8.11. The zero-order chi connectivity index (χ0) is 12.3. The molecule has 0 saturated carbocycles. The summed E-state index contributed by atoms with van der Waals surface area (Å²) >= 11 is 0. The molecule has 0 radical (unpaired) electrons. The molecule has 0 unspecified atom stereocenters. The fraction of sp³-hybridized carbons (Fsp3) is 0.375. The van der Waals surface area contributed by atoms with Gasteiger partial charge >= 0.3 is 0 Å². The van der Waals surface area contributed by atoms with Crippen LogP contribution in [0.1, 0.15) is 32.8 Å². The van der Waals surface area contributed by atoms with Crippen LogP contribution in [0.15, 0.2) is 42.5 Å². The van der Waals surface area contributed by atoms with E-state index in [2.05, 4.69) is 68.6 Å². The van der Waals surface area contributed by atoms with Crippen molar-refractivity contribution in [2.45, 2.75) is 39.3 Å². The lowest BCUT2D eigenvalue weighted by molar-refractivity contribution is 0.374. The van der Waals surface area contributed by atoms with Gasteiger partial charge in [-0.25, -0.2) is 0 Å². The Hall–Kier alpha value is -1.34. The molecule has 1 N–H and O–H groups in total. The van der Waals surface area contributed by atoms with Crippen molar-refractivity contribution in [1.82, 2.24) is 5.32 Å². The summed E-state index contributed by atoms with van der Waals surface area (Å²) in [5.74, 6) is 0. The zero-order valence-electron chi connectivity index (χ0n) is 11.0. The van der Waals surface area contributed by atoms with Crippen molar-refractivity contribution >= 4 is 10.8 Å². The van der Waals surface area contributed by atoms with E-state index in [0.29, 0.717) is 0 Å². The Balaban J connectivity index is 2.14. The lowest BCUT2D eigenvalue weighted by Crippen LogP contribution is -2.37. The third-order valence-corrected chi connectivity index (χ3v) is 3.47. The van der Waals surface area contributed by atoms with Crippen molar-refractivity contribution < 1.29 is 0 Å². The van der Waals surface area contributed by atoms with Gasteiger partial charge in [-0.15, -0.1) is 0 Å².